The quantitative estimate of drug-likeness (QED) is 0.559. The number of benzene rings is 2. The lowest BCUT2D eigenvalue weighted by Crippen LogP contribution is -2.40. The van der Waals surface area contributed by atoms with Crippen LogP contribution in [0.5, 0.6) is 0 Å². The third-order valence-electron chi connectivity index (χ3n) is 6.19. The molecule has 1 N–H and O–H groups in total. The average molecular weight is 474 g/mol. The van der Waals surface area contributed by atoms with E-state index in [2.05, 4.69) is 0 Å². The summed E-state index contributed by atoms with van der Waals surface area (Å²) in [5.74, 6) is -3.24. The van der Waals surface area contributed by atoms with Crippen molar-refractivity contribution in [3.05, 3.63) is 70.7 Å². The molecule has 0 atom stereocenters. The first-order chi connectivity index (χ1) is 16.1. The molecule has 6 nitrogen and oxygen atoms in total. The molecule has 2 aromatic carbocycles. The van der Waals surface area contributed by atoms with Gasteiger partial charge in [0.15, 0.2) is 0 Å². The lowest BCUT2D eigenvalue weighted by atomic mass is 9.95. The van der Waals surface area contributed by atoms with Gasteiger partial charge in [0.05, 0.1) is 30.6 Å². The van der Waals surface area contributed by atoms with Crippen molar-refractivity contribution in [1.82, 2.24) is 9.47 Å². The zero-order valence-corrected chi connectivity index (χ0v) is 18.9. The molecule has 1 amide bonds. The number of carboxylic acids is 1. The lowest BCUT2D eigenvalue weighted by molar-refractivity contribution is -0.153. The molecule has 0 bridgehead atoms. The van der Waals surface area contributed by atoms with E-state index < -0.39 is 28.8 Å². The Bertz CT molecular complexity index is 1270. The van der Waals surface area contributed by atoms with Crippen molar-refractivity contribution in [2.24, 2.45) is 5.41 Å². The zero-order valence-electron chi connectivity index (χ0n) is 18.9. The molecule has 0 radical (unpaired) electrons. The van der Waals surface area contributed by atoms with E-state index in [1.807, 2.05) is 0 Å². The maximum absolute atomic E-state index is 14.9. The first kappa shape index (κ1) is 23.8. The Labute approximate surface area is 194 Å². The molecular weight excluding hydrogens is 449 g/mol. The second-order valence-corrected chi connectivity index (χ2v) is 9.13. The number of fused-ring (bicyclic) bond motifs is 3. The fourth-order valence-corrected chi connectivity index (χ4v) is 4.21. The number of hydrogen-bond acceptors (Lipinski definition) is 3. The van der Waals surface area contributed by atoms with Crippen molar-refractivity contribution < 1.29 is 32.6 Å². The molecule has 0 saturated heterocycles. The molecule has 0 unspecified atom stereocenters. The van der Waals surface area contributed by atoms with Crippen LogP contribution in [0.2, 0.25) is 0 Å². The number of para-hydroxylation sites is 1. The van der Waals surface area contributed by atoms with Gasteiger partial charge in [0.2, 0.25) is 5.91 Å². The number of nitrogens with zero attached hydrogens (tertiary/aromatic N) is 2. The van der Waals surface area contributed by atoms with Crippen molar-refractivity contribution in [3.63, 3.8) is 0 Å². The summed E-state index contributed by atoms with van der Waals surface area (Å²) in [6.45, 7) is 3.14. The SMILES string of the molecule is CC(C)(COCC(=O)N1CCc2c(n(Cc3ccc(F)cc3F)c3c(F)cccc23)C1)C(=O)O. The van der Waals surface area contributed by atoms with Gasteiger partial charge in [-0.2, -0.15) is 0 Å². The van der Waals surface area contributed by atoms with Crippen LogP contribution in [-0.4, -0.2) is 46.2 Å². The highest BCUT2D eigenvalue weighted by molar-refractivity contribution is 5.87. The summed E-state index contributed by atoms with van der Waals surface area (Å²) < 4.78 is 49.7. The van der Waals surface area contributed by atoms with E-state index in [0.717, 1.165) is 17.7 Å². The fraction of sp³-hybridized carbons (Fsp3) is 0.360. The van der Waals surface area contributed by atoms with Crippen LogP contribution in [0.25, 0.3) is 10.9 Å². The number of aromatic nitrogens is 1. The number of halogens is 3. The molecule has 0 aliphatic carbocycles. The first-order valence-corrected chi connectivity index (χ1v) is 10.9. The topological polar surface area (TPSA) is 71.8 Å². The number of hydrogen-bond donors (Lipinski definition) is 1. The van der Waals surface area contributed by atoms with E-state index in [4.69, 9.17) is 4.74 Å². The Morgan fingerprint density at radius 3 is 2.59 bits per heavy atom. The highest BCUT2D eigenvalue weighted by atomic mass is 19.1. The van der Waals surface area contributed by atoms with Gasteiger partial charge < -0.3 is 19.3 Å². The molecule has 0 spiro atoms. The third-order valence-corrected chi connectivity index (χ3v) is 6.19. The van der Waals surface area contributed by atoms with Crippen LogP contribution in [0.1, 0.15) is 30.7 Å². The highest BCUT2D eigenvalue weighted by Crippen LogP contribution is 2.33. The standard InChI is InChI=1S/C25H25F3N2O4/c1-25(2,24(32)33)14-34-13-22(31)29-9-8-17-18-4-3-5-19(27)23(18)30(21(17)12-29)11-15-6-7-16(26)10-20(15)28/h3-7,10H,8-9,11-14H2,1-2H3,(H,32,33). The molecule has 180 valence electrons. The van der Waals surface area contributed by atoms with Crippen LogP contribution in [0.15, 0.2) is 36.4 Å². The largest absolute Gasteiger partial charge is 0.481 e. The summed E-state index contributed by atoms with van der Waals surface area (Å²) in [5.41, 5.74) is 0.943. The molecule has 0 saturated carbocycles. The van der Waals surface area contributed by atoms with E-state index in [1.165, 1.54) is 26.0 Å². The monoisotopic (exact) mass is 474 g/mol. The van der Waals surface area contributed by atoms with Gasteiger partial charge in [-0.25, -0.2) is 13.2 Å². The van der Waals surface area contributed by atoms with E-state index in [-0.39, 0.29) is 37.8 Å². The summed E-state index contributed by atoms with van der Waals surface area (Å²) in [5, 5.41) is 9.88. The summed E-state index contributed by atoms with van der Waals surface area (Å²) in [6, 6.07) is 7.99. The summed E-state index contributed by atoms with van der Waals surface area (Å²) >= 11 is 0. The van der Waals surface area contributed by atoms with E-state index >= 15 is 0 Å². The van der Waals surface area contributed by atoms with Gasteiger partial charge in [0.25, 0.3) is 0 Å². The van der Waals surface area contributed by atoms with Crippen LogP contribution in [0.4, 0.5) is 13.2 Å². The Morgan fingerprint density at radius 1 is 1.12 bits per heavy atom. The second kappa shape index (κ2) is 9.13. The Hall–Kier alpha value is -3.33. The summed E-state index contributed by atoms with van der Waals surface area (Å²) in [7, 11) is 0. The van der Waals surface area contributed by atoms with Crippen molar-refractivity contribution in [3.8, 4) is 0 Å². The van der Waals surface area contributed by atoms with Gasteiger partial charge in [-0.05, 0) is 38.0 Å². The van der Waals surface area contributed by atoms with Gasteiger partial charge in [-0.1, -0.05) is 18.2 Å². The predicted molar refractivity (Wildman–Crippen MR) is 119 cm³/mol. The maximum atomic E-state index is 14.9. The van der Waals surface area contributed by atoms with Crippen LogP contribution < -0.4 is 0 Å². The minimum atomic E-state index is -1.13. The number of aliphatic carboxylic acids is 1. The van der Waals surface area contributed by atoms with Crippen LogP contribution >= 0.6 is 0 Å². The Kier molecular flexibility index (Phi) is 6.40. The van der Waals surface area contributed by atoms with Gasteiger partial charge in [0.1, 0.15) is 24.1 Å². The smallest absolute Gasteiger partial charge is 0.311 e. The number of carbonyl (C=O) groups is 2. The molecule has 1 aliphatic rings. The van der Waals surface area contributed by atoms with E-state index in [9.17, 15) is 27.9 Å². The molecular formula is C25H25F3N2O4. The molecule has 2 heterocycles. The minimum Gasteiger partial charge on any atom is -0.481 e. The van der Waals surface area contributed by atoms with E-state index in [1.54, 1.807) is 21.6 Å². The third kappa shape index (κ3) is 4.52. The van der Waals surface area contributed by atoms with Crippen LogP contribution in [0, 0.1) is 22.9 Å². The van der Waals surface area contributed by atoms with Crippen LogP contribution in [-0.2, 0) is 33.8 Å². The predicted octanol–water partition coefficient (Wildman–Crippen LogP) is 4.12. The molecule has 1 aromatic heterocycles. The van der Waals surface area contributed by atoms with Gasteiger partial charge in [-0.3, -0.25) is 9.59 Å². The van der Waals surface area contributed by atoms with E-state index in [0.29, 0.717) is 29.6 Å². The molecule has 1 aliphatic heterocycles. The van der Waals surface area contributed by atoms with Crippen molar-refractivity contribution in [2.45, 2.75) is 33.4 Å². The van der Waals surface area contributed by atoms with Gasteiger partial charge in [-0.15, -0.1) is 0 Å². The normalized spacial score (nSPS) is 13.9. The van der Waals surface area contributed by atoms with Gasteiger partial charge >= 0.3 is 5.97 Å². The van der Waals surface area contributed by atoms with Gasteiger partial charge in [0, 0.05) is 29.3 Å². The van der Waals surface area contributed by atoms with Crippen LogP contribution in [0.3, 0.4) is 0 Å². The highest BCUT2D eigenvalue weighted by Gasteiger charge is 2.30. The maximum Gasteiger partial charge on any atom is 0.311 e. The molecule has 0 fully saturated rings. The van der Waals surface area contributed by atoms with Crippen molar-refractivity contribution >= 4 is 22.8 Å². The number of carboxylic acid groups (broad SMARTS) is 1. The Balaban J connectivity index is 1.61. The molecule has 9 heteroatoms. The summed E-state index contributed by atoms with van der Waals surface area (Å²) in [4.78, 5) is 25.6. The number of rotatable bonds is 7. The lowest BCUT2D eigenvalue weighted by Gasteiger charge is -2.29. The molecule has 4 rings (SSSR count). The minimum absolute atomic E-state index is 0.0236. The molecule has 3 aromatic rings. The average Bonchev–Trinajstić information content (AvgIpc) is 3.09. The second-order valence-electron chi connectivity index (χ2n) is 9.13. The van der Waals surface area contributed by atoms with Crippen molar-refractivity contribution in [1.29, 1.82) is 0 Å². The van der Waals surface area contributed by atoms with Crippen molar-refractivity contribution in [2.75, 3.05) is 19.8 Å². The molecule has 34 heavy (non-hydrogen) atoms. The first-order valence-electron chi connectivity index (χ1n) is 10.9. The zero-order chi connectivity index (χ0) is 24.6. The fourth-order valence-electron chi connectivity index (χ4n) is 4.21. The number of carbonyl (C=O) groups excluding carboxylic acids is 1. The Morgan fingerprint density at radius 2 is 1.88 bits per heavy atom. The number of ether oxygens (including phenoxy) is 1. The summed E-state index contributed by atoms with van der Waals surface area (Å²) in [6.07, 6.45) is 0.473. The number of amides is 1.